The predicted octanol–water partition coefficient (Wildman–Crippen LogP) is 4.23. The molecule has 29 heavy (non-hydrogen) atoms. The van der Waals surface area contributed by atoms with Crippen LogP contribution in [0.15, 0.2) is 42.5 Å². The molecule has 1 heterocycles. The molecule has 1 atom stereocenters. The Morgan fingerprint density at radius 1 is 1.07 bits per heavy atom. The summed E-state index contributed by atoms with van der Waals surface area (Å²) in [6, 6.07) is 13.5. The van der Waals surface area contributed by atoms with Gasteiger partial charge in [0.1, 0.15) is 17.3 Å². The summed E-state index contributed by atoms with van der Waals surface area (Å²) in [5.74, 6) is 1.91. The van der Waals surface area contributed by atoms with Crippen molar-refractivity contribution in [1.82, 2.24) is 9.80 Å². The van der Waals surface area contributed by atoms with Gasteiger partial charge in [-0.2, -0.15) is 0 Å². The molecule has 0 aromatic heterocycles. The fourth-order valence-corrected chi connectivity index (χ4v) is 4.16. The van der Waals surface area contributed by atoms with Crippen LogP contribution in [0.5, 0.6) is 11.5 Å². The highest BCUT2D eigenvalue weighted by Crippen LogP contribution is 2.21. The number of piperidine rings is 1. The molecule has 0 N–H and O–H groups in total. The van der Waals surface area contributed by atoms with Crippen molar-refractivity contribution in [2.75, 3.05) is 47.4 Å². The quantitative estimate of drug-likeness (QED) is 0.629. The molecule has 5 heteroatoms. The molecule has 1 fully saturated rings. The van der Waals surface area contributed by atoms with Gasteiger partial charge in [0.05, 0.1) is 14.2 Å². The molecule has 0 amide bonds. The van der Waals surface area contributed by atoms with Gasteiger partial charge in [-0.15, -0.1) is 0 Å². The third kappa shape index (κ3) is 6.44. The van der Waals surface area contributed by atoms with Crippen LogP contribution < -0.4 is 9.47 Å². The Balaban J connectivity index is 1.46. The van der Waals surface area contributed by atoms with Gasteiger partial charge in [0.15, 0.2) is 0 Å². The zero-order chi connectivity index (χ0) is 20.6. The summed E-state index contributed by atoms with van der Waals surface area (Å²) in [5.41, 5.74) is 2.07. The van der Waals surface area contributed by atoms with Crippen molar-refractivity contribution in [3.63, 3.8) is 0 Å². The van der Waals surface area contributed by atoms with Gasteiger partial charge < -0.3 is 19.3 Å². The minimum atomic E-state index is -0.194. The average molecular weight is 401 g/mol. The van der Waals surface area contributed by atoms with E-state index in [1.807, 2.05) is 24.3 Å². The van der Waals surface area contributed by atoms with Gasteiger partial charge >= 0.3 is 0 Å². The Hall–Kier alpha value is -2.11. The highest BCUT2D eigenvalue weighted by atomic mass is 19.1. The van der Waals surface area contributed by atoms with Crippen LogP contribution in [0.2, 0.25) is 0 Å². The molecule has 158 valence electrons. The predicted molar refractivity (Wildman–Crippen MR) is 115 cm³/mol. The van der Waals surface area contributed by atoms with Gasteiger partial charge in [0, 0.05) is 37.8 Å². The smallest absolute Gasteiger partial charge is 0.131 e. The van der Waals surface area contributed by atoms with Crippen LogP contribution >= 0.6 is 0 Å². The van der Waals surface area contributed by atoms with Crippen LogP contribution in [-0.2, 0) is 13.0 Å². The summed E-state index contributed by atoms with van der Waals surface area (Å²) in [6.07, 6.45) is 3.54. The second-order valence-electron chi connectivity index (χ2n) is 8.06. The van der Waals surface area contributed by atoms with Crippen LogP contribution in [0.1, 0.15) is 24.0 Å². The molecule has 4 nitrogen and oxygen atoms in total. The first-order valence-electron chi connectivity index (χ1n) is 10.4. The molecular formula is C24H33FN2O2. The van der Waals surface area contributed by atoms with E-state index in [0.29, 0.717) is 18.2 Å². The average Bonchev–Trinajstić information content (AvgIpc) is 2.74. The summed E-state index contributed by atoms with van der Waals surface area (Å²) in [7, 11) is 5.34. The maximum atomic E-state index is 14.2. The minimum absolute atomic E-state index is 0.194. The molecule has 1 unspecified atom stereocenters. The Labute approximate surface area is 174 Å². The van der Waals surface area contributed by atoms with Crippen molar-refractivity contribution in [2.45, 2.75) is 25.8 Å². The standard InChI is InChI=1S/C24H33FN2O2/c1-26(18-21-8-11-23(29-3)15-24(21)25)16-20-5-4-13-27(17-20)14-12-19-6-9-22(28-2)10-7-19/h6-11,15,20H,4-5,12-14,16-18H2,1-3H3. The number of methoxy groups -OCH3 is 2. The van der Waals surface area contributed by atoms with Crippen molar-refractivity contribution in [3.8, 4) is 11.5 Å². The van der Waals surface area contributed by atoms with Crippen molar-refractivity contribution in [3.05, 3.63) is 59.4 Å². The fourth-order valence-electron chi connectivity index (χ4n) is 4.16. The number of benzene rings is 2. The highest BCUT2D eigenvalue weighted by Gasteiger charge is 2.21. The fraction of sp³-hybridized carbons (Fsp3) is 0.500. The van der Waals surface area contributed by atoms with Crippen molar-refractivity contribution in [1.29, 1.82) is 0 Å². The summed E-state index contributed by atoms with van der Waals surface area (Å²) < 4.78 is 24.5. The van der Waals surface area contributed by atoms with Crippen LogP contribution in [0.3, 0.4) is 0 Å². The highest BCUT2D eigenvalue weighted by molar-refractivity contribution is 5.29. The molecule has 1 aliphatic heterocycles. The Morgan fingerprint density at radius 3 is 2.48 bits per heavy atom. The second kappa shape index (κ2) is 10.6. The summed E-state index contributed by atoms with van der Waals surface area (Å²) >= 11 is 0. The summed E-state index contributed by atoms with van der Waals surface area (Å²) in [6.45, 7) is 4.98. The lowest BCUT2D eigenvalue weighted by Gasteiger charge is -2.34. The van der Waals surface area contributed by atoms with Crippen molar-refractivity contribution < 1.29 is 13.9 Å². The van der Waals surface area contributed by atoms with E-state index in [4.69, 9.17) is 9.47 Å². The van der Waals surface area contributed by atoms with Gasteiger partial charge in [-0.05, 0) is 62.5 Å². The lowest BCUT2D eigenvalue weighted by molar-refractivity contribution is 0.142. The normalized spacial score (nSPS) is 17.5. The number of hydrogen-bond donors (Lipinski definition) is 0. The van der Waals surface area contributed by atoms with Crippen LogP contribution in [0, 0.1) is 11.7 Å². The third-order valence-corrected chi connectivity index (χ3v) is 5.75. The van der Waals surface area contributed by atoms with E-state index in [9.17, 15) is 4.39 Å². The second-order valence-corrected chi connectivity index (χ2v) is 8.06. The van der Waals surface area contributed by atoms with E-state index in [0.717, 1.165) is 37.4 Å². The Morgan fingerprint density at radius 2 is 1.79 bits per heavy atom. The number of rotatable bonds is 9. The number of nitrogens with zero attached hydrogens (tertiary/aromatic N) is 2. The van der Waals surface area contributed by atoms with Gasteiger partial charge in [0.2, 0.25) is 0 Å². The van der Waals surface area contributed by atoms with Crippen LogP contribution in [0.25, 0.3) is 0 Å². The number of halogens is 1. The summed E-state index contributed by atoms with van der Waals surface area (Å²) in [4.78, 5) is 4.81. The van der Waals surface area contributed by atoms with E-state index >= 15 is 0 Å². The molecule has 0 bridgehead atoms. The lowest BCUT2D eigenvalue weighted by Crippen LogP contribution is -2.40. The van der Waals surface area contributed by atoms with E-state index in [-0.39, 0.29) is 5.82 Å². The zero-order valence-electron chi connectivity index (χ0n) is 17.9. The Bertz CT molecular complexity index is 766. The van der Waals surface area contributed by atoms with E-state index < -0.39 is 0 Å². The topological polar surface area (TPSA) is 24.9 Å². The molecule has 0 spiro atoms. The minimum Gasteiger partial charge on any atom is -0.497 e. The number of ether oxygens (including phenoxy) is 2. The summed E-state index contributed by atoms with van der Waals surface area (Å²) in [5, 5.41) is 0. The van der Waals surface area contributed by atoms with E-state index in [2.05, 4.69) is 29.0 Å². The van der Waals surface area contributed by atoms with Gasteiger partial charge in [-0.3, -0.25) is 0 Å². The van der Waals surface area contributed by atoms with Gasteiger partial charge in [0.25, 0.3) is 0 Å². The number of hydrogen-bond acceptors (Lipinski definition) is 4. The molecule has 0 aliphatic carbocycles. The van der Waals surface area contributed by atoms with Crippen LogP contribution in [0.4, 0.5) is 4.39 Å². The van der Waals surface area contributed by atoms with Gasteiger partial charge in [-0.25, -0.2) is 4.39 Å². The van der Waals surface area contributed by atoms with Crippen molar-refractivity contribution >= 4 is 0 Å². The largest absolute Gasteiger partial charge is 0.497 e. The zero-order valence-corrected chi connectivity index (χ0v) is 17.9. The lowest BCUT2D eigenvalue weighted by atomic mass is 9.97. The maximum absolute atomic E-state index is 14.2. The molecule has 0 radical (unpaired) electrons. The Kier molecular flexibility index (Phi) is 7.90. The molecule has 3 rings (SSSR count). The van der Waals surface area contributed by atoms with Crippen LogP contribution in [-0.4, -0.2) is 57.2 Å². The van der Waals surface area contributed by atoms with Gasteiger partial charge in [-0.1, -0.05) is 18.2 Å². The molecular weight excluding hydrogens is 367 g/mol. The number of likely N-dealkylation sites (tertiary alicyclic amines) is 1. The maximum Gasteiger partial charge on any atom is 0.131 e. The monoisotopic (exact) mass is 400 g/mol. The van der Waals surface area contributed by atoms with Crippen molar-refractivity contribution in [2.24, 2.45) is 5.92 Å². The van der Waals surface area contributed by atoms with E-state index in [1.165, 1.54) is 31.0 Å². The molecule has 1 aliphatic rings. The molecule has 2 aromatic rings. The first kappa shape index (κ1) is 21.6. The third-order valence-electron chi connectivity index (χ3n) is 5.75. The molecule has 0 saturated carbocycles. The first-order chi connectivity index (χ1) is 14.1. The SMILES string of the molecule is COc1ccc(CCN2CCCC(CN(C)Cc3ccc(OC)cc3F)C2)cc1. The van der Waals surface area contributed by atoms with E-state index in [1.54, 1.807) is 14.2 Å². The molecule has 2 aromatic carbocycles. The molecule has 1 saturated heterocycles. The first-order valence-corrected chi connectivity index (χ1v) is 10.4.